The Labute approximate surface area is 109 Å². The molecule has 3 unspecified atom stereocenters. The van der Waals surface area contributed by atoms with E-state index in [2.05, 4.69) is 24.1 Å². The van der Waals surface area contributed by atoms with Gasteiger partial charge < -0.3 is 4.90 Å². The van der Waals surface area contributed by atoms with E-state index in [-0.39, 0.29) is 11.7 Å². The highest BCUT2D eigenvalue weighted by Gasteiger charge is 2.48. The third kappa shape index (κ3) is 2.34. The Morgan fingerprint density at radius 3 is 2.82 bits per heavy atom. The SMILES string of the molecule is CCC1NC(C)(CC)C(=O)N1C1CCCSC1. The fraction of sp³-hybridized carbons (Fsp3) is 0.923. The number of nitrogens with zero attached hydrogens (tertiary/aromatic N) is 1. The van der Waals surface area contributed by atoms with Crippen molar-refractivity contribution >= 4 is 17.7 Å². The standard InChI is InChI=1S/C13H24N2OS/c1-4-11-14-13(3,5-2)12(16)15(11)10-7-6-8-17-9-10/h10-11,14H,4-9H2,1-3H3. The molecule has 0 saturated carbocycles. The molecule has 1 amide bonds. The van der Waals surface area contributed by atoms with E-state index in [9.17, 15) is 4.79 Å². The van der Waals surface area contributed by atoms with Gasteiger partial charge in [0.1, 0.15) is 0 Å². The quantitative estimate of drug-likeness (QED) is 0.840. The average molecular weight is 256 g/mol. The molecule has 2 saturated heterocycles. The monoisotopic (exact) mass is 256 g/mol. The van der Waals surface area contributed by atoms with E-state index in [1.165, 1.54) is 18.6 Å². The molecule has 0 aromatic rings. The third-order valence-corrected chi connectivity index (χ3v) is 5.35. The third-order valence-electron chi connectivity index (χ3n) is 4.15. The highest BCUT2D eigenvalue weighted by Crippen LogP contribution is 2.31. The molecule has 0 aromatic heterocycles. The van der Waals surface area contributed by atoms with Crippen molar-refractivity contribution in [2.24, 2.45) is 0 Å². The van der Waals surface area contributed by atoms with Gasteiger partial charge in [0.2, 0.25) is 5.91 Å². The Kier molecular flexibility index (Phi) is 4.03. The number of hydrogen-bond acceptors (Lipinski definition) is 3. The molecule has 0 aliphatic carbocycles. The molecular weight excluding hydrogens is 232 g/mol. The summed E-state index contributed by atoms with van der Waals surface area (Å²) in [6, 6.07) is 0.451. The first-order chi connectivity index (χ1) is 8.12. The number of amides is 1. The molecule has 2 rings (SSSR count). The predicted molar refractivity (Wildman–Crippen MR) is 73.1 cm³/mol. The first kappa shape index (κ1) is 13.2. The lowest BCUT2D eigenvalue weighted by molar-refractivity contribution is -0.134. The lowest BCUT2D eigenvalue weighted by Crippen LogP contribution is -2.47. The maximum Gasteiger partial charge on any atom is 0.244 e. The molecule has 0 aromatic carbocycles. The fourth-order valence-corrected chi connectivity index (χ4v) is 3.98. The van der Waals surface area contributed by atoms with Crippen LogP contribution in [-0.4, -0.2) is 40.1 Å². The summed E-state index contributed by atoms with van der Waals surface area (Å²) in [6.45, 7) is 6.31. The first-order valence-electron chi connectivity index (χ1n) is 6.80. The number of carbonyl (C=O) groups is 1. The van der Waals surface area contributed by atoms with Crippen LogP contribution in [0.15, 0.2) is 0 Å². The van der Waals surface area contributed by atoms with Crippen LogP contribution in [0.1, 0.15) is 46.5 Å². The number of rotatable bonds is 3. The number of thioether (sulfide) groups is 1. The summed E-state index contributed by atoms with van der Waals surface area (Å²) in [5.41, 5.74) is -0.331. The maximum atomic E-state index is 12.6. The van der Waals surface area contributed by atoms with Crippen LogP contribution in [-0.2, 0) is 4.79 Å². The molecule has 2 fully saturated rings. The van der Waals surface area contributed by atoms with E-state index in [4.69, 9.17) is 0 Å². The largest absolute Gasteiger partial charge is 0.322 e. The second-order valence-electron chi connectivity index (χ2n) is 5.34. The van der Waals surface area contributed by atoms with E-state index in [1.807, 2.05) is 18.7 Å². The van der Waals surface area contributed by atoms with Crippen LogP contribution in [0.3, 0.4) is 0 Å². The van der Waals surface area contributed by atoms with E-state index >= 15 is 0 Å². The van der Waals surface area contributed by atoms with E-state index in [0.717, 1.165) is 18.6 Å². The smallest absolute Gasteiger partial charge is 0.244 e. The molecular formula is C13H24N2OS. The Morgan fingerprint density at radius 2 is 2.29 bits per heavy atom. The summed E-state index contributed by atoms with van der Waals surface area (Å²) in [5, 5.41) is 3.53. The molecule has 0 bridgehead atoms. The molecule has 2 aliphatic rings. The summed E-state index contributed by atoms with van der Waals surface area (Å²) < 4.78 is 0. The van der Waals surface area contributed by atoms with Crippen molar-refractivity contribution in [2.75, 3.05) is 11.5 Å². The van der Waals surface area contributed by atoms with Crippen molar-refractivity contribution in [1.29, 1.82) is 0 Å². The Balaban J connectivity index is 2.16. The Hall–Kier alpha value is -0.220. The lowest BCUT2D eigenvalue weighted by atomic mass is 9.98. The van der Waals surface area contributed by atoms with Crippen molar-refractivity contribution in [3.8, 4) is 0 Å². The van der Waals surface area contributed by atoms with Gasteiger partial charge in [-0.3, -0.25) is 10.1 Å². The minimum Gasteiger partial charge on any atom is -0.322 e. The number of carbonyl (C=O) groups excluding carboxylic acids is 1. The van der Waals surface area contributed by atoms with E-state index in [0.29, 0.717) is 11.9 Å². The molecule has 98 valence electrons. The van der Waals surface area contributed by atoms with Gasteiger partial charge >= 0.3 is 0 Å². The summed E-state index contributed by atoms with van der Waals surface area (Å²) >= 11 is 1.99. The minimum absolute atomic E-state index is 0.246. The van der Waals surface area contributed by atoms with Crippen molar-refractivity contribution in [2.45, 2.75) is 64.2 Å². The summed E-state index contributed by atoms with van der Waals surface area (Å²) in [5.74, 6) is 2.69. The minimum atomic E-state index is -0.331. The summed E-state index contributed by atoms with van der Waals surface area (Å²) in [6.07, 6.45) is 4.55. The number of nitrogens with one attached hydrogen (secondary N) is 1. The van der Waals surface area contributed by atoms with Crippen LogP contribution in [0, 0.1) is 0 Å². The van der Waals surface area contributed by atoms with Gasteiger partial charge in [0.25, 0.3) is 0 Å². The van der Waals surface area contributed by atoms with Crippen molar-refractivity contribution in [1.82, 2.24) is 10.2 Å². The lowest BCUT2D eigenvalue weighted by Gasteiger charge is -2.34. The van der Waals surface area contributed by atoms with Crippen LogP contribution in [0.4, 0.5) is 0 Å². The van der Waals surface area contributed by atoms with E-state index < -0.39 is 0 Å². The van der Waals surface area contributed by atoms with Gasteiger partial charge in [-0.05, 0) is 38.4 Å². The van der Waals surface area contributed by atoms with E-state index in [1.54, 1.807) is 0 Å². The van der Waals surface area contributed by atoms with Crippen LogP contribution in [0.5, 0.6) is 0 Å². The van der Waals surface area contributed by atoms with Gasteiger partial charge in [-0.2, -0.15) is 11.8 Å². The molecule has 1 N–H and O–H groups in total. The predicted octanol–water partition coefficient (Wildman–Crippen LogP) is 2.22. The molecule has 0 spiro atoms. The van der Waals surface area contributed by atoms with Gasteiger partial charge in [0.15, 0.2) is 0 Å². The summed E-state index contributed by atoms with van der Waals surface area (Å²) in [7, 11) is 0. The van der Waals surface area contributed by atoms with Gasteiger partial charge in [-0.15, -0.1) is 0 Å². The van der Waals surface area contributed by atoms with Crippen LogP contribution in [0.2, 0.25) is 0 Å². The molecule has 3 atom stereocenters. The highest BCUT2D eigenvalue weighted by atomic mass is 32.2. The Bertz CT molecular complexity index is 289. The second kappa shape index (κ2) is 5.19. The molecule has 2 heterocycles. The molecule has 3 nitrogen and oxygen atoms in total. The van der Waals surface area contributed by atoms with Crippen molar-refractivity contribution < 1.29 is 4.79 Å². The zero-order chi connectivity index (χ0) is 12.5. The fourth-order valence-electron chi connectivity index (χ4n) is 2.84. The second-order valence-corrected chi connectivity index (χ2v) is 6.49. The maximum absolute atomic E-state index is 12.6. The van der Waals surface area contributed by atoms with Crippen molar-refractivity contribution in [3.05, 3.63) is 0 Å². The van der Waals surface area contributed by atoms with Gasteiger partial charge in [-0.25, -0.2) is 0 Å². The average Bonchev–Trinajstić information content (AvgIpc) is 2.63. The van der Waals surface area contributed by atoms with Crippen LogP contribution >= 0.6 is 11.8 Å². The normalized spacial score (nSPS) is 38.8. The molecule has 4 heteroatoms. The van der Waals surface area contributed by atoms with Gasteiger partial charge in [-0.1, -0.05) is 13.8 Å². The first-order valence-corrected chi connectivity index (χ1v) is 7.96. The molecule has 2 aliphatic heterocycles. The van der Waals surface area contributed by atoms with Gasteiger partial charge in [0.05, 0.1) is 11.7 Å². The zero-order valence-electron chi connectivity index (χ0n) is 11.2. The van der Waals surface area contributed by atoms with Crippen LogP contribution in [0.25, 0.3) is 0 Å². The topological polar surface area (TPSA) is 32.3 Å². The number of hydrogen-bond donors (Lipinski definition) is 1. The Morgan fingerprint density at radius 1 is 1.53 bits per heavy atom. The summed E-state index contributed by atoms with van der Waals surface area (Å²) in [4.78, 5) is 14.7. The molecule has 0 radical (unpaired) electrons. The molecule has 17 heavy (non-hydrogen) atoms. The van der Waals surface area contributed by atoms with Gasteiger partial charge in [0, 0.05) is 11.8 Å². The van der Waals surface area contributed by atoms with Crippen LogP contribution < -0.4 is 5.32 Å². The van der Waals surface area contributed by atoms with Crippen molar-refractivity contribution in [3.63, 3.8) is 0 Å². The zero-order valence-corrected chi connectivity index (χ0v) is 12.0. The highest BCUT2D eigenvalue weighted by molar-refractivity contribution is 7.99.